The van der Waals surface area contributed by atoms with Crippen LogP contribution in [0.1, 0.15) is 15.9 Å². The highest BCUT2D eigenvalue weighted by Crippen LogP contribution is 2.32. The molecule has 3 rings (SSSR count). The Hall–Kier alpha value is -3.16. The van der Waals surface area contributed by atoms with Crippen molar-refractivity contribution in [1.29, 1.82) is 0 Å². The van der Waals surface area contributed by atoms with Gasteiger partial charge in [-0.05, 0) is 42.5 Å². The Labute approximate surface area is 170 Å². The Kier molecular flexibility index (Phi) is 6.41. The molecule has 1 N–H and O–H groups in total. The van der Waals surface area contributed by atoms with E-state index in [2.05, 4.69) is 10.5 Å². The average Bonchev–Trinajstić information content (AvgIpc) is 2.71. The molecular formula is C20H14ClN3O3S. The molecule has 0 aliphatic rings. The number of carbonyl (C=O) groups is 1. The largest absolute Gasteiger partial charge is 0.271 e. The summed E-state index contributed by atoms with van der Waals surface area (Å²) >= 11 is 7.32. The van der Waals surface area contributed by atoms with Crippen molar-refractivity contribution in [3.05, 3.63) is 99.1 Å². The fraction of sp³-hybridized carbons (Fsp3) is 0. The third-order valence-electron chi connectivity index (χ3n) is 3.65. The molecule has 0 saturated heterocycles. The van der Waals surface area contributed by atoms with Gasteiger partial charge in [-0.2, -0.15) is 5.10 Å². The number of carbonyl (C=O) groups excluding carboxylic acids is 1. The zero-order valence-electron chi connectivity index (χ0n) is 14.4. The lowest BCUT2D eigenvalue weighted by Gasteiger charge is -2.06. The summed E-state index contributed by atoms with van der Waals surface area (Å²) in [5.41, 5.74) is 3.35. The molecule has 0 bridgehead atoms. The zero-order valence-corrected chi connectivity index (χ0v) is 16.0. The van der Waals surface area contributed by atoms with Gasteiger partial charge in [0, 0.05) is 38.1 Å². The van der Waals surface area contributed by atoms with Gasteiger partial charge in [-0.25, -0.2) is 5.43 Å². The second kappa shape index (κ2) is 9.16. The van der Waals surface area contributed by atoms with E-state index in [4.69, 9.17) is 11.6 Å². The Balaban J connectivity index is 1.82. The van der Waals surface area contributed by atoms with E-state index in [9.17, 15) is 14.9 Å². The van der Waals surface area contributed by atoms with E-state index in [-0.39, 0.29) is 11.6 Å². The number of hydrazone groups is 1. The number of hydrogen-bond donors (Lipinski definition) is 1. The van der Waals surface area contributed by atoms with E-state index in [0.717, 1.165) is 9.79 Å². The van der Waals surface area contributed by atoms with E-state index in [1.165, 1.54) is 30.1 Å². The smallest absolute Gasteiger partial charge is 0.267 e. The Morgan fingerprint density at radius 2 is 1.79 bits per heavy atom. The molecule has 0 spiro atoms. The number of benzene rings is 3. The minimum absolute atomic E-state index is 0.0590. The quantitative estimate of drug-likeness (QED) is 0.344. The van der Waals surface area contributed by atoms with E-state index in [1.807, 2.05) is 18.2 Å². The molecule has 8 heteroatoms. The normalized spacial score (nSPS) is 10.8. The molecule has 28 heavy (non-hydrogen) atoms. The minimum atomic E-state index is -0.476. The zero-order chi connectivity index (χ0) is 19.9. The second-order valence-corrected chi connectivity index (χ2v) is 7.15. The van der Waals surface area contributed by atoms with Crippen molar-refractivity contribution in [2.45, 2.75) is 9.79 Å². The molecule has 3 aromatic rings. The molecule has 140 valence electrons. The van der Waals surface area contributed by atoms with Gasteiger partial charge in [-0.1, -0.05) is 41.6 Å². The summed E-state index contributed by atoms with van der Waals surface area (Å²) in [5, 5.41) is 15.7. The van der Waals surface area contributed by atoms with Crippen LogP contribution >= 0.6 is 23.4 Å². The number of hydrogen-bond acceptors (Lipinski definition) is 5. The number of non-ortho nitro benzene ring substituents is 1. The van der Waals surface area contributed by atoms with Gasteiger partial charge in [0.2, 0.25) is 0 Å². The Morgan fingerprint density at radius 1 is 1.07 bits per heavy atom. The van der Waals surface area contributed by atoms with Gasteiger partial charge in [0.1, 0.15) is 0 Å². The predicted octanol–water partition coefficient (Wildman–Crippen LogP) is 5.16. The number of amides is 1. The topological polar surface area (TPSA) is 84.6 Å². The SMILES string of the molecule is O=C(N/N=C/c1cc([N+](=O)[O-])ccc1Sc1ccc(Cl)cc1)c1ccccc1. The van der Waals surface area contributed by atoms with Crippen molar-refractivity contribution in [2.75, 3.05) is 0 Å². The number of nitrogens with zero attached hydrogens (tertiary/aromatic N) is 2. The monoisotopic (exact) mass is 411 g/mol. The van der Waals surface area contributed by atoms with E-state index in [0.29, 0.717) is 16.1 Å². The Morgan fingerprint density at radius 3 is 2.46 bits per heavy atom. The molecule has 0 fully saturated rings. The van der Waals surface area contributed by atoms with Gasteiger partial charge < -0.3 is 0 Å². The third kappa shape index (κ3) is 5.18. The first-order valence-electron chi connectivity index (χ1n) is 8.13. The summed E-state index contributed by atoms with van der Waals surface area (Å²) in [5.74, 6) is -0.366. The molecule has 1 amide bonds. The van der Waals surface area contributed by atoms with Crippen LogP contribution in [0.5, 0.6) is 0 Å². The van der Waals surface area contributed by atoms with Crippen LogP contribution in [0.15, 0.2) is 87.7 Å². The number of nitro groups is 1. The first-order valence-corrected chi connectivity index (χ1v) is 9.33. The Bertz CT molecular complexity index is 1020. The van der Waals surface area contributed by atoms with Gasteiger partial charge in [0.15, 0.2) is 0 Å². The summed E-state index contributed by atoms with van der Waals surface area (Å²) in [6, 6.07) is 20.4. The molecule has 0 heterocycles. The fourth-order valence-electron chi connectivity index (χ4n) is 2.29. The molecular weight excluding hydrogens is 398 g/mol. The number of nitrogens with one attached hydrogen (secondary N) is 1. The lowest BCUT2D eigenvalue weighted by atomic mass is 10.2. The van der Waals surface area contributed by atoms with Crippen LogP contribution in [0.25, 0.3) is 0 Å². The van der Waals surface area contributed by atoms with Crippen LogP contribution in [0.2, 0.25) is 5.02 Å². The van der Waals surface area contributed by atoms with Crippen LogP contribution < -0.4 is 5.43 Å². The highest BCUT2D eigenvalue weighted by molar-refractivity contribution is 7.99. The van der Waals surface area contributed by atoms with Gasteiger partial charge >= 0.3 is 0 Å². The standard InChI is InChI=1S/C20H14ClN3O3S/c21-16-6-9-18(10-7-16)28-19-11-8-17(24(26)27)12-15(19)13-22-23-20(25)14-4-2-1-3-5-14/h1-13H,(H,23,25)/b22-13+. The molecule has 0 saturated carbocycles. The molecule has 0 radical (unpaired) electrons. The summed E-state index contributed by atoms with van der Waals surface area (Å²) in [6.07, 6.45) is 1.39. The molecule has 0 aliphatic carbocycles. The number of nitro benzene ring substituents is 1. The molecule has 0 atom stereocenters. The van der Waals surface area contributed by atoms with E-state index >= 15 is 0 Å². The first-order chi connectivity index (χ1) is 13.5. The first kappa shape index (κ1) is 19.6. The van der Waals surface area contributed by atoms with Crippen LogP contribution in [0, 0.1) is 10.1 Å². The van der Waals surface area contributed by atoms with Crippen LogP contribution in [-0.4, -0.2) is 17.0 Å². The van der Waals surface area contributed by atoms with Crippen molar-refractivity contribution < 1.29 is 9.72 Å². The van der Waals surface area contributed by atoms with Crippen LogP contribution in [0.4, 0.5) is 5.69 Å². The second-order valence-electron chi connectivity index (χ2n) is 5.60. The third-order valence-corrected chi connectivity index (χ3v) is 5.00. The van der Waals surface area contributed by atoms with E-state index in [1.54, 1.807) is 42.5 Å². The predicted molar refractivity (Wildman–Crippen MR) is 110 cm³/mol. The van der Waals surface area contributed by atoms with Crippen LogP contribution in [0.3, 0.4) is 0 Å². The lowest BCUT2D eigenvalue weighted by molar-refractivity contribution is -0.384. The van der Waals surface area contributed by atoms with Gasteiger partial charge in [0.05, 0.1) is 11.1 Å². The summed E-state index contributed by atoms with van der Waals surface area (Å²) < 4.78 is 0. The molecule has 0 unspecified atom stereocenters. The molecule has 6 nitrogen and oxygen atoms in total. The van der Waals surface area contributed by atoms with E-state index < -0.39 is 4.92 Å². The highest BCUT2D eigenvalue weighted by Gasteiger charge is 2.11. The summed E-state index contributed by atoms with van der Waals surface area (Å²) in [7, 11) is 0. The van der Waals surface area contributed by atoms with Gasteiger partial charge in [0.25, 0.3) is 11.6 Å². The maximum Gasteiger partial charge on any atom is 0.271 e. The average molecular weight is 412 g/mol. The van der Waals surface area contributed by atoms with Crippen molar-refractivity contribution in [1.82, 2.24) is 5.43 Å². The molecule has 0 aromatic heterocycles. The van der Waals surface area contributed by atoms with Gasteiger partial charge in [-0.3, -0.25) is 14.9 Å². The maximum absolute atomic E-state index is 12.1. The highest BCUT2D eigenvalue weighted by atomic mass is 35.5. The molecule has 0 aliphatic heterocycles. The number of halogens is 1. The summed E-state index contributed by atoms with van der Waals surface area (Å²) in [4.78, 5) is 24.4. The van der Waals surface area contributed by atoms with Crippen molar-refractivity contribution in [3.63, 3.8) is 0 Å². The molecule has 3 aromatic carbocycles. The fourth-order valence-corrected chi connectivity index (χ4v) is 3.31. The number of rotatable bonds is 6. The van der Waals surface area contributed by atoms with Crippen molar-refractivity contribution in [3.8, 4) is 0 Å². The van der Waals surface area contributed by atoms with Gasteiger partial charge in [-0.15, -0.1) is 0 Å². The minimum Gasteiger partial charge on any atom is -0.267 e. The van der Waals surface area contributed by atoms with Crippen LogP contribution in [-0.2, 0) is 0 Å². The van der Waals surface area contributed by atoms with Crippen molar-refractivity contribution in [2.24, 2.45) is 5.10 Å². The lowest BCUT2D eigenvalue weighted by Crippen LogP contribution is -2.17. The maximum atomic E-state index is 12.1. The summed E-state index contributed by atoms with van der Waals surface area (Å²) in [6.45, 7) is 0. The van der Waals surface area contributed by atoms with Crippen molar-refractivity contribution >= 4 is 41.2 Å².